The fourth-order valence-electron chi connectivity index (χ4n) is 0.903. The number of hydrogen-bond donors (Lipinski definition) is 0. The fourth-order valence-corrected chi connectivity index (χ4v) is 0.903. The van der Waals surface area contributed by atoms with Crippen molar-refractivity contribution in [2.75, 3.05) is 6.54 Å². The largest absolute Gasteiger partial charge is 0.299 e. The summed E-state index contributed by atoms with van der Waals surface area (Å²) in [6, 6.07) is 1.40. The molecule has 13 heavy (non-hydrogen) atoms. The number of nitrogens with zero attached hydrogens (tertiary/aromatic N) is 5. The average molecular weight is 179 g/mol. The standard InChI is InChI=1S/C7H9N5O/c8-11-10-3-1-5-12-6-9-4-2-7(12)13/h2,4,6H,1,3,5H2. The molecule has 1 aromatic heterocycles. The molecule has 0 bridgehead atoms. The Hall–Kier alpha value is -1.81. The van der Waals surface area contributed by atoms with Crippen LogP contribution in [0.5, 0.6) is 0 Å². The second-order valence-electron chi connectivity index (χ2n) is 2.42. The van der Waals surface area contributed by atoms with Gasteiger partial charge in [0.2, 0.25) is 0 Å². The average Bonchev–Trinajstić information content (AvgIpc) is 2.15. The maximum atomic E-state index is 11.1. The van der Waals surface area contributed by atoms with Crippen molar-refractivity contribution >= 4 is 0 Å². The molecule has 0 aliphatic carbocycles. The van der Waals surface area contributed by atoms with E-state index >= 15 is 0 Å². The lowest BCUT2D eigenvalue weighted by Crippen LogP contribution is -2.18. The smallest absolute Gasteiger partial charge is 0.253 e. The minimum absolute atomic E-state index is 0.0871. The van der Waals surface area contributed by atoms with Crippen molar-refractivity contribution in [3.8, 4) is 0 Å². The summed E-state index contributed by atoms with van der Waals surface area (Å²) < 4.78 is 1.48. The van der Waals surface area contributed by atoms with E-state index in [1.165, 1.54) is 23.2 Å². The van der Waals surface area contributed by atoms with Crippen LogP contribution in [0, 0.1) is 0 Å². The summed E-state index contributed by atoms with van der Waals surface area (Å²) in [6.45, 7) is 0.934. The molecule has 6 nitrogen and oxygen atoms in total. The highest BCUT2D eigenvalue weighted by Crippen LogP contribution is 1.86. The maximum Gasteiger partial charge on any atom is 0.253 e. The van der Waals surface area contributed by atoms with Crippen molar-refractivity contribution in [2.45, 2.75) is 13.0 Å². The Morgan fingerprint density at radius 1 is 1.69 bits per heavy atom. The van der Waals surface area contributed by atoms with Crippen LogP contribution < -0.4 is 5.56 Å². The molecule has 0 fully saturated rings. The third-order valence-corrected chi connectivity index (χ3v) is 1.51. The molecule has 0 saturated carbocycles. The molecule has 0 amide bonds. The van der Waals surface area contributed by atoms with Gasteiger partial charge in [0.1, 0.15) is 0 Å². The van der Waals surface area contributed by atoms with E-state index in [1.54, 1.807) is 0 Å². The highest BCUT2D eigenvalue weighted by atomic mass is 16.1. The molecule has 1 aromatic rings. The second-order valence-corrected chi connectivity index (χ2v) is 2.42. The Labute approximate surface area is 74.5 Å². The molecule has 0 N–H and O–H groups in total. The van der Waals surface area contributed by atoms with Crippen LogP contribution in [0.2, 0.25) is 0 Å². The summed E-state index contributed by atoms with van der Waals surface area (Å²) in [7, 11) is 0. The monoisotopic (exact) mass is 179 g/mol. The minimum Gasteiger partial charge on any atom is -0.299 e. The molecule has 0 saturated heterocycles. The predicted molar refractivity (Wildman–Crippen MR) is 47.1 cm³/mol. The van der Waals surface area contributed by atoms with E-state index < -0.39 is 0 Å². The van der Waals surface area contributed by atoms with E-state index in [2.05, 4.69) is 15.0 Å². The van der Waals surface area contributed by atoms with E-state index in [1.807, 2.05) is 0 Å². The number of hydrogen-bond acceptors (Lipinski definition) is 3. The van der Waals surface area contributed by atoms with Crippen molar-refractivity contribution in [1.82, 2.24) is 9.55 Å². The van der Waals surface area contributed by atoms with Crippen LogP contribution in [0.3, 0.4) is 0 Å². The molecule has 68 valence electrons. The first-order valence-electron chi connectivity index (χ1n) is 3.86. The first-order chi connectivity index (χ1) is 6.34. The molecule has 0 aliphatic heterocycles. The van der Waals surface area contributed by atoms with Crippen molar-refractivity contribution < 1.29 is 0 Å². The van der Waals surface area contributed by atoms with Gasteiger partial charge in [-0.05, 0) is 12.0 Å². The SMILES string of the molecule is [N-]=[N+]=NCCCn1cnccc1=O. The van der Waals surface area contributed by atoms with Crippen LogP contribution in [0.25, 0.3) is 10.4 Å². The predicted octanol–water partition coefficient (Wildman–Crippen LogP) is 0.944. The normalized spacial score (nSPS) is 9.23. The third-order valence-electron chi connectivity index (χ3n) is 1.51. The Balaban J connectivity index is 2.50. The molecule has 1 rings (SSSR count). The molecular formula is C7H9N5O. The van der Waals surface area contributed by atoms with Gasteiger partial charge in [-0.15, -0.1) is 0 Å². The highest BCUT2D eigenvalue weighted by Gasteiger charge is 1.92. The number of rotatable bonds is 4. The second kappa shape index (κ2) is 4.95. The Morgan fingerprint density at radius 3 is 3.23 bits per heavy atom. The van der Waals surface area contributed by atoms with Crippen molar-refractivity contribution in [3.63, 3.8) is 0 Å². The van der Waals surface area contributed by atoms with Gasteiger partial charge in [-0.3, -0.25) is 9.36 Å². The zero-order valence-corrected chi connectivity index (χ0v) is 7.00. The molecule has 1 heterocycles. The molecule has 0 radical (unpaired) electrons. The Kier molecular flexibility index (Phi) is 3.53. The van der Waals surface area contributed by atoms with Crippen molar-refractivity contribution in [2.24, 2.45) is 5.11 Å². The van der Waals surface area contributed by atoms with Crippen LogP contribution >= 0.6 is 0 Å². The first kappa shape index (κ1) is 9.28. The van der Waals surface area contributed by atoms with Crippen LogP contribution in [0.15, 0.2) is 28.5 Å². The molecular weight excluding hydrogens is 170 g/mol. The van der Waals surface area contributed by atoms with E-state index in [9.17, 15) is 4.79 Å². The van der Waals surface area contributed by atoms with Gasteiger partial charge in [0.05, 0.1) is 6.33 Å². The third kappa shape index (κ3) is 2.96. The highest BCUT2D eigenvalue weighted by molar-refractivity contribution is 4.81. The number of aryl methyl sites for hydroxylation is 1. The lowest BCUT2D eigenvalue weighted by Gasteiger charge is -2.00. The minimum atomic E-state index is -0.0871. The Morgan fingerprint density at radius 2 is 2.54 bits per heavy atom. The van der Waals surface area contributed by atoms with Gasteiger partial charge in [0, 0.05) is 30.3 Å². The lowest BCUT2D eigenvalue weighted by atomic mass is 10.4. The summed E-state index contributed by atoms with van der Waals surface area (Å²) in [6.07, 6.45) is 3.57. The summed E-state index contributed by atoms with van der Waals surface area (Å²) in [5.41, 5.74) is 7.91. The summed E-state index contributed by atoms with van der Waals surface area (Å²) >= 11 is 0. The van der Waals surface area contributed by atoms with E-state index in [-0.39, 0.29) is 5.56 Å². The van der Waals surface area contributed by atoms with Gasteiger partial charge in [0.15, 0.2) is 0 Å². The molecule has 0 aliphatic rings. The number of azide groups is 1. The summed E-state index contributed by atoms with van der Waals surface area (Å²) in [4.78, 5) is 17.5. The number of aromatic nitrogens is 2. The Bertz CT molecular complexity index is 365. The van der Waals surface area contributed by atoms with Crippen LogP contribution in [-0.4, -0.2) is 16.1 Å². The lowest BCUT2D eigenvalue weighted by molar-refractivity contribution is 0.617. The van der Waals surface area contributed by atoms with Gasteiger partial charge in [-0.25, -0.2) is 4.98 Å². The van der Waals surface area contributed by atoms with Crippen molar-refractivity contribution in [3.05, 3.63) is 39.4 Å². The van der Waals surface area contributed by atoms with Gasteiger partial charge in [0.25, 0.3) is 5.56 Å². The zero-order chi connectivity index (χ0) is 9.52. The van der Waals surface area contributed by atoms with Crippen LogP contribution in [-0.2, 0) is 6.54 Å². The molecule has 0 aromatic carbocycles. The molecule has 0 spiro atoms. The van der Waals surface area contributed by atoms with Crippen LogP contribution in [0.1, 0.15) is 6.42 Å². The fraction of sp³-hybridized carbons (Fsp3) is 0.429. The topological polar surface area (TPSA) is 83.7 Å². The van der Waals surface area contributed by atoms with Gasteiger partial charge >= 0.3 is 0 Å². The van der Waals surface area contributed by atoms with Crippen LogP contribution in [0.4, 0.5) is 0 Å². The van der Waals surface area contributed by atoms with E-state index in [4.69, 9.17) is 5.53 Å². The van der Waals surface area contributed by atoms with E-state index in [0.717, 1.165) is 0 Å². The quantitative estimate of drug-likeness (QED) is 0.298. The molecule has 6 heteroatoms. The summed E-state index contributed by atoms with van der Waals surface area (Å²) in [5, 5.41) is 3.36. The maximum absolute atomic E-state index is 11.1. The zero-order valence-electron chi connectivity index (χ0n) is 7.00. The van der Waals surface area contributed by atoms with Gasteiger partial charge in [-0.1, -0.05) is 5.11 Å². The van der Waals surface area contributed by atoms with Gasteiger partial charge < -0.3 is 0 Å². The van der Waals surface area contributed by atoms with Crippen molar-refractivity contribution in [1.29, 1.82) is 0 Å². The molecule has 0 unspecified atom stereocenters. The van der Waals surface area contributed by atoms with E-state index in [0.29, 0.717) is 19.5 Å². The van der Waals surface area contributed by atoms with Gasteiger partial charge in [-0.2, -0.15) is 0 Å². The summed E-state index contributed by atoms with van der Waals surface area (Å²) in [5.74, 6) is 0. The molecule has 0 atom stereocenters. The first-order valence-corrected chi connectivity index (χ1v) is 3.86.